The van der Waals surface area contributed by atoms with Crippen LogP contribution in [-0.4, -0.2) is 42.4 Å². The van der Waals surface area contributed by atoms with Gasteiger partial charge >= 0.3 is 0 Å². The van der Waals surface area contributed by atoms with Crippen molar-refractivity contribution in [2.75, 3.05) is 19.6 Å². The fraction of sp³-hybridized carbons (Fsp3) is 0.500. The van der Waals surface area contributed by atoms with Gasteiger partial charge in [0, 0.05) is 24.7 Å². The molecule has 3 N–H and O–H groups in total. The maximum atomic E-state index is 13.1. The molecule has 2 fully saturated rings. The predicted octanol–water partition coefficient (Wildman–Crippen LogP) is 1.31. The van der Waals surface area contributed by atoms with E-state index in [0.717, 1.165) is 25.0 Å². The molecule has 5 nitrogen and oxygen atoms in total. The van der Waals surface area contributed by atoms with Crippen molar-refractivity contribution in [2.45, 2.75) is 18.9 Å². The molecule has 0 radical (unpaired) electrons. The van der Waals surface area contributed by atoms with Crippen LogP contribution in [0, 0.1) is 23.5 Å². The van der Waals surface area contributed by atoms with Crippen LogP contribution in [0.25, 0.3) is 0 Å². The number of carbonyl (C=O) groups excluding carboxylic acids is 2. The van der Waals surface area contributed by atoms with Crippen molar-refractivity contribution in [1.29, 1.82) is 0 Å². The van der Waals surface area contributed by atoms with Gasteiger partial charge in [0.15, 0.2) is 11.6 Å². The van der Waals surface area contributed by atoms with Gasteiger partial charge in [-0.1, -0.05) is 0 Å². The zero-order valence-corrected chi connectivity index (χ0v) is 13.8. The van der Waals surface area contributed by atoms with E-state index in [-0.39, 0.29) is 36.5 Å². The molecule has 2 aliphatic rings. The molecule has 1 saturated carbocycles. The highest BCUT2D eigenvalue weighted by molar-refractivity contribution is 5.96. The Labute approximate surface area is 145 Å². The molecule has 1 saturated heterocycles. The monoisotopic (exact) mass is 359 g/mol. The number of benzene rings is 1. The summed E-state index contributed by atoms with van der Waals surface area (Å²) in [5, 5.41) is 2.45. The first-order chi connectivity index (χ1) is 11.0. The third-order valence-corrected chi connectivity index (χ3v) is 4.85. The summed E-state index contributed by atoms with van der Waals surface area (Å²) in [6.07, 6.45) is 2.04. The first-order valence-corrected chi connectivity index (χ1v) is 7.72. The van der Waals surface area contributed by atoms with Crippen LogP contribution in [0.15, 0.2) is 18.2 Å². The lowest BCUT2D eigenvalue weighted by Crippen LogP contribution is -2.40. The Morgan fingerprint density at radius 3 is 2.62 bits per heavy atom. The molecule has 24 heavy (non-hydrogen) atoms. The number of hydrogen-bond acceptors (Lipinski definition) is 3. The fourth-order valence-corrected chi connectivity index (χ4v) is 3.52. The third-order valence-electron chi connectivity index (χ3n) is 4.85. The quantitative estimate of drug-likeness (QED) is 0.854. The molecule has 3 unspecified atom stereocenters. The standard InChI is InChI=1S/C16H19F2N3O2.ClH/c17-12-3-1-9(5-13(12)18)16(23)20-6-15(22)21-7-10-2-4-14(19)11(10)8-21;/h1,3,5,10-11,14H,2,4,6-8,19H2,(H,20,23);1H. The number of likely N-dealkylation sites (tertiary alicyclic amines) is 1. The van der Waals surface area contributed by atoms with Crippen molar-refractivity contribution in [3.05, 3.63) is 35.4 Å². The number of nitrogens with two attached hydrogens (primary N) is 1. The van der Waals surface area contributed by atoms with E-state index in [9.17, 15) is 18.4 Å². The van der Waals surface area contributed by atoms with Crippen molar-refractivity contribution in [1.82, 2.24) is 10.2 Å². The fourth-order valence-electron chi connectivity index (χ4n) is 3.52. The Morgan fingerprint density at radius 2 is 1.96 bits per heavy atom. The molecule has 132 valence electrons. The van der Waals surface area contributed by atoms with Gasteiger partial charge in [-0.3, -0.25) is 9.59 Å². The molecular weight excluding hydrogens is 340 g/mol. The highest BCUT2D eigenvalue weighted by Gasteiger charge is 2.42. The second-order valence-corrected chi connectivity index (χ2v) is 6.28. The van der Waals surface area contributed by atoms with Crippen LogP contribution in [0.4, 0.5) is 8.78 Å². The second kappa shape index (κ2) is 7.44. The Morgan fingerprint density at radius 1 is 1.21 bits per heavy atom. The lowest BCUT2D eigenvalue weighted by molar-refractivity contribution is -0.129. The summed E-state index contributed by atoms with van der Waals surface area (Å²) in [6, 6.07) is 3.02. The molecule has 1 aromatic carbocycles. The largest absolute Gasteiger partial charge is 0.343 e. The van der Waals surface area contributed by atoms with Gasteiger partial charge in [0.2, 0.25) is 5.91 Å². The van der Waals surface area contributed by atoms with Gasteiger partial charge in [-0.05, 0) is 42.9 Å². The average molecular weight is 360 g/mol. The Hall–Kier alpha value is -1.73. The number of halogens is 3. The second-order valence-electron chi connectivity index (χ2n) is 6.28. The van der Waals surface area contributed by atoms with E-state index in [1.807, 2.05) is 0 Å². The van der Waals surface area contributed by atoms with Crippen LogP contribution in [0.2, 0.25) is 0 Å². The molecule has 1 aromatic rings. The van der Waals surface area contributed by atoms with E-state index in [1.165, 1.54) is 6.07 Å². The maximum Gasteiger partial charge on any atom is 0.251 e. The summed E-state index contributed by atoms with van der Waals surface area (Å²) < 4.78 is 26.0. The van der Waals surface area contributed by atoms with Crippen molar-refractivity contribution in [3.63, 3.8) is 0 Å². The number of hydrogen-bond donors (Lipinski definition) is 2. The van der Waals surface area contributed by atoms with Crippen molar-refractivity contribution >= 4 is 24.2 Å². The third kappa shape index (κ3) is 3.67. The summed E-state index contributed by atoms with van der Waals surface area (Å²) in [7, 11) is 0. The topological polar surface area (TPSA) is 75.4 Å². The molecular formula is C16H20ClF2N3O2. The van der Waals surface area contributed by atoms with Crippen LogP contribution in [0.5, 0.6) is 0 Å². The number of carbonyl (C=O) groups is 2. The van der Waals surface area contributed by atoms with Gasteiger partial charge in [-0.15, -0.1) is 12.4 Å². The summed E-state index contributed by atoms with van der Waals surface area (Å²) in [5.41, 5.74) is 6.02. The van der Waals surface area contributed by atoms with Crippen LogP contribution >= 0.6 is 12.4 Å². The molecule has 3 atom stereocenters. The maximum absolute atomic E-state index is 13.1. The van der Waals surface area contributed by atoms with Crippen molar-refractivity contribution in [3.8, 4) is 0 Å². The summed E-state index contributed by atoms with van der Waals surface area (Å²) in [4.78, 5) is 25.8. The van der Waals surface area contributed by atoms with E-state index >= 15 is 0 Å². The zero-order chi connectivity index (χ0) is 16.6. The van der Waals surface area contributed by atoms with Crippen LogP contribution in [-0.2, 0) is 4.79 Å². The molecule has 3 rings (SSSR count). The summed E-state index contributed by atoms with van der Waals surface area (Å²) >= 11 is 0. The number of nitrogens with one attached hydrogen (secondary N) is 1. The van der Waals surface area contributed by atoms with Gasteiger partial charge < -0.3 is 16.0 Å². The van der Waals surface area contributed by atoms with Crippen molar-refractivity contribution in [2.24, 2.45) is 17.6 Å². The van der Waals surface area contributed by atoms with Crippen LogP contribution in [0.3, 0.4) is 0 Å². The predicted molar refractivity (Wildman–Crippen MR) is 86.7 cm³/mol. The van der Waals surface area contributed by atoms with E-state index < -0.39 is 17.5 Å². The van der Waals surface area contributed by atoms with Crippen LogP contribution < -0.4 is 11.1 Å². The molecule has 1 aliphatic carbocycles. The van der Waals surface area contributed by atoms with E-state index in [2.05, 4.69) is 5.32 Å². The Balaban J connectivity index is 0.00000208. The molecule has 2 amide bonds. The Kier molecular flexibility index (Phi) is 5.77. The SMILES string of the molecule is Cl.NC1CCC2CN(C(=O)CNC(=O)c3ccc(F)c(F)c3)CC12. The number of amides is 2. The molecule has 1 heterocycles. The number of fused-ring (bicyclic) bond motifs is 1. The highest BCUT2D eigenvalue weighted by Crippen LogP contribution is 2.36. The highest BCUT2D eigenvalue weighted by atomic mass is 35.5. The van der Waals surface area contributed by atoms with E-state index in [1.54, 1.807) is 4.90 Å². The van der Waals surface area contributed by atoms with E-state index in [4.69, 9.17) is 5.73 Å². The lowest BCUT2D eigenvalue weighted by atomic mass is 9.98. The number of nitrogens with zero attached hydrogens (tertiary/aromatic N) is 1. The van der Waals surface area contributed by atoms with Gasteiger partial charge in [0.1, 0.15) is 0 Å². The van der Waals surface area contributed by atoms with Gasteiger partial charge in [0.05, 0.1) is 6.54 Å². The van der Waals surface area contributed by atoms with Gasteiger partial charge in [-0.2, -0.15) is 0 Å². The van der Waals surface area contributed by atoms with E-state index in [0.29, 0.717) is 24.9 Å². The minimum atomic E-state index is -1.09. The molecule has 0 spiro atoms. The molecule has 1 aliphatic heterocycles. The summed E-state index contributed by atoms with van der Waals surface area (Å²) in [6.45, 7) is 1.15. The minimum Gasteiger partial charge on any atom is -0.343 e. The number of rotatable bonds is 3. The average Bonchev–Trinajstić information content (AvgIpc) is 3.10. The van der Waals surface area contributed by atoms with Gasteiger partial charge in [0.25, 0.3) is 5.91 Å². The van der Waals surface area contributed by atoms with Gasteiger partial charge in [-0.25, -0.2) is 8.78 Å². The molecule has 8 heteroatoms. The smallest absolute Gasteiger partial charge is 0.251 e. The normalized spacial score (nSPS) is 25.1. The Bertz CT molecular complexity index is 644. The first kappa shape index (κ1) is 18.6. The minimum absolute atomic E-state index is 0. The van der Waals surface area contributed by atoms with Crippen molar-refractivity contribution < 1.29 is 18.4 Å². The van der Waals surface area contributed by atoms with Crippen LogP contribution in [0.1, 0.15) is 23.2 Å². The molecule has 0 aromatic heterocycles. The zero-order valence-electron chi connectivity index (χ0n) is 13.0. The first-order valence-electron chi connectivity index (χ1n) is 7.72. The summed E-state index contributed by atoms with van der Waals surface area (Å²) in [5.74, 6) is -2.09. The molecule has 0 bridgehead atoms. The lowest BCUT2D eigenvalue weighted by Gasteiger charge is -2.19.